The third kappa shape index (κ3) is 2.62. The van der Waals surface area contributed by atoms with Gasteiger partial charge in [0.1, 0.15) is 5.69 Å². The van der Waals surface area contributed by atoms with Crippen molar-refractivity contribution in [2.75, 3.05) is 12.1 Å². The van der Waals surface area contributed by atoms with Gasteiger partial charge in [-0.3, -0.25) is 10.1 Å². The minimum absolute atomic E-state index is 0.0435. The fourth-order valence-electron chi connectivity index (χ4n) is 2.08. The molecule has 1 N–H and O–H groups in total. The molecule has 1 aliphatic rings. The molecule has 1 unspecified atom stereocenters. The number of aryl methyl sites for hydroxylation is 1. The van der Waals surface area contributed by atoms with E-state index in [1.807, 2.05) is 19.2 Å². The van der Waals surface area contributed by atoms with Crippen LogP contribution in [0.1, 0.15) is 23.7 Å². The van der Waals surface area contributed by atoms with Crippen LogP contribution in [-0.4, -0.2) is 16.7 Å². The largest absolute Gasteiger partial charge is 0.454 e. The summed E-state index contributed by atoms with van der Waals surface area (Å²) in [6, 6.07) is 2.83. The molecule has 1 aromatic carbocycles. The zero-order valence-corrected chi connectivity index (χ0v) is 12.3. The van der Waals surface area contributed by atoms with Crippen molar-refractivity contribution in [3.05, 3.63) is 38.3 Å². The van der Waals surface area contributed by atoms with Crippen LogP contribution in [-0.2, 0) is 0 Å². The fourth-order valence-corrected chi connectivity index (χ4v) is 2.79. The molecule has 8 heteroatoms. The second-order valence-electron chi connectivity index (χ2n) is 4.64. The molecule has 1 aromatic heterocycles. The lowest BCUT2D eigenvalue weighted by Crippen LogP contribution is -2.08. The van der Waals surface area contributed by atoms with Crippen LogP contribution in [0.5, 0.6) is 11.5 Å². The van der Waals surface area contributed by atoms with Gasteiger partial charge in [0.2, 0.25) is 6.79 Å². The van der Waals surface area contributed by atoms with E-state index in [-0.39, 0.29) is 18.5 Å². The molecule has 0 spiro atoms. The van der Waals surface area contributed by atoms with E-state index in [2.05, 4.69) is 10.3 Å². The molecule has 0 fully saturated rings. The van der Waals surface area contributed by atoms with Crippen molar-refractivity contribution in [3.8, 4) is 11.5 Å². The first-order valence-corrected chi connectivity index (χ1v) is 7.19. The SMILES string of the molecule is Cc1nc(C(C)Nc2cc3c(cc2[N+](=O)[O-])OCO3)cs1. The van der Waals surface area contributed by atoms with Gasteiger partial charge in [-0.05, 0) is 13.8 Å². The summed E-state index contributed by atoms with van der Waals surface area (Å²) in [5.74, 6) is 0.897. The lowest BCUT2D eigenvalue weighted by atomic mass is 10.2. The summed E-state index contributed by atoms with van der Waals surface area (Å²) < 4.78 is 10.4. The van der Waals surface area contributed by atoms with Crippen molar-refractivity contribution in [1.29, 1.82) is 0 Å². The summed E-state index contributed by atoms with van der Waals surface area (Å²) in [4.78, 5) is 15.1. The molecule has 0 radical (unpaired) electrons. The van der Waals surface area contributed by atoms with Gasteiger partial charge in [-0.1, -0.05) is 0 Å². The number of nitrogens with zero attached hydrogens (tertiary/aromatic N) is 2. The minimum Gasteiger partial charge on any atom is -0.454 e. The molecule has 0 bridgehead atoms. The Morgan fingerprint density at radius 2 is 2.14 bits per heavy atom. The maximum Gasteiger partial charge on any atom is 0.296 e. The minimum atomic E-state index is -0.441. The third-order valence-corrected chi connectivity index (χ3v) is 3.93. The molecule has 2 aromatic rings. The molecule has 2 heterocycles. The molecule has 0 saturated heterocycles. The standard InChI is InChI=1S/C13H13N3O4S/c1-7(10-5-21-8(2)15-10)14-9-3-12-13(20-6-19-12)4-11(9)16(17)18/h3-5,7,14H,6H2,1-2H3. The smallest absolute Gasteiger partial charge is 0.296 e. The average Bonchev–Trinajstić information content (AvgIpc) is 3.05. The van der Waals surface area contributed by atoms with Gasteiger partial charge in [-0.2, -0.15) is 0 Å². The van der Waals surface area contributed by atoms with E-state index in [9.17, 15) is 10.1 Å². The van der Waals surface area contributed by atoms with Gasteiger partial charge in [-0.25, -0.2) is 4.98 Å². The molecule has 21 heavy (non-hydrogen) atoms. The van der Waals surface area contributed by atoms with Gasteiger partial charge >= 0.3 is 0 Å². The second kappa shape index (κ2) is 5.21. The highest BCUT2D eigenvalue weighted by atomic mass is 32.1. The number of thiazole rings is 1. The van der Waals surface area contributed by atoms with Crippen LogP contribution in [0.2, 0.25) is 0 Å². The lowest BCUT2D eigenvalue weighted by Gasteiger charge is -2.13. The number of ether oxygens (including phenoxy) is 2. The van der Waals surface area contributed by atoms with E-state index in [0.29, 0.717) is 17.2 Å². The van der Waals surface area contributed by atoms with Crippen LogP contribution in [0.4, 0.5) is 11.4 Å². The maximum atomic E-state index is 11.2. The van der Waals surface area contributed by atoms with Crippen LogP contribution >= 0.6 is 11.3 Å². The van der Waals surface area contributed by atoms with Gasteiger partial charge in [0.15, 0.2) is 11.5 Å². The van der Waals surface area contributed by atoms with Crippen molar-refractivity contribution in [3.63, 3.8) is 0 Å². The van der Waals surface area contributed by atoms with Gasteiger partial charge in [0.05, 0.1) is 27.7 Å². The average molecular weight is 307 g/mol. The van der Waals surface area contributed by atoms with E-state index >= 15 is 0 Å². The quantitative estimate of drug-likeness (QED) is 0.689. The monoisotopic (exact) mass is 307 g/mol. The first-order valence-electron chi connectivity index (χ1n) is 6.31. The molecular formula is C13H13N3O4S. The maximum absolute atomic E-state index is 11.2. The summed E-state index contributed by atoms with van der Waals surface area (Å²) in [7, 11) is 0. The van der Waals surface area contributed by atoms with Gasteiger partial charge < -0.3 is 14.8 Å². The van der Waals surface area contributed by atoms with Crippen LogP contribution in [0.3, 0.4) is 0 Å². The highest BCUT2D eigenvalue weighted by Crippen LogP contribution is 2.41. The molecule has 1 atom stereocenters. The summed E-state index contributed by atoms with van der Waals surface area (Å²) in [6.45, 7) is 3.91. The van der Waals surface area contributed by atoms with Crippen molar-refractivity contribution < 1.29 is 14.4 Å². The number of hydrogen-bond acceptors (Lipinski definition) is 7. The third-order valence-electron chi connectivity index (χ3n) is 3.14. The molecule has 110 valence electrons. The first-order chi connectivity index (χ1) is 10.0. The molecule has 1 aliphatic heterocycles. The van der Waals surface area contributed by atoms with Crippen molar-refractivity contribution >= 4 is 22.7 Å². The summed E-state index contributed by atoms with van der Waals surface area (Å²) in [6.07, 6.45) is 0. The normalized spacial score (nSPS) is 14.0. The fraction of sp³-hybridized carbons (Fsp3) is 0.308. The highest BCUT2D eigenvalue weighted by molar-refractivity contribution is 7.09. The Kier molecular flexibility index (Phi) is 3.38. The number of fused-ring (bicyclic) bond motifs is 1. The van der Waals surface area contributed by atoms with Crippen molar-refractivity contribution in [2.45, 2.75) is 19.9 Å². The van der Waals surface area contributed by atoms with E-state index in [1.165, 1.54) is 6.07 Å². The Morgan fingerprint density at radius 3 is 2.76 bits per heavy atom. The number of aromatic nitrogens is 1. The Morgan fingerprint density at radius 1 is 1.43 bits per heavy atom. The second-order valence-corrected chi connectivity index (χ2v) is 5.70. The number of nitro benzene ring substituents is 1. The van der Waals surface area contributed by atoms with E-state index in [0.717, 1.165) is 10.7 Å². The van der Waals surface area contributed by atoms with Crippen LogP contribution in [0.15, 0.2) is 17.5 Å². The van der Waals surface area contributed by atoms with E-state index in [4.69, 9.17) is 9.47 Å². The number of hydrogen-bond donors (Lipinski definition) is 1. The van der Waals surface area contributed by atoms with E-state index in [1.54, 1.807) is 17.4 Å². The van der Waals surface area contributed by atoms with Crippen molar-refractivity contribution in [2.24, 2.45) is 0 Å². The lowest BCUT2D eigenvalue weighted by molar-refractivity contribution is -0.384. The zero-order chi connectivity index (χ0) is 15.0. The Hall–Kier alpha value is -2.35. The molecule has 0 amide bonds. The number of anilines is 1. The molecular weight excluding hydrogens is 294 g/mol. The molecule has 3 rings (SSSR count). The number of benzene rings is 1. The highest BCUT2D eigenvalue weighted by Gasteiger charge is 2.24. The van der Waals surface area contributed by atoms with Crippen LogP contribution in [0, 0.1) is 17.0 Å². The summed E-state index contributed by atoms with van der Waals surface area (Å²) >= 11 is 1.54. The predicted octanol–water partition coefficient (Wildman–Crippen LogP) is 3.26. The van der Waals surface area contributed by atoms with Gasteiger partial charge in [0, 0.05) is 11.4 Å². The number of rotatable bonds is 4. The van der Waals surface area contributed by atoms with Crippen LogP contribution in [0.25, 0.3) is 0 Å². The Labute approximate surface area is 124 Å². The molecule has 0 saturated carbocycles. The van der Waals surface area contributed by atoms with Gasteiger partial charge in [-0.15, -0.1) is 11.3 Å². The van der Waals surface area contributed by atoms with Crippen molar-refractivity contribution in [1.82, 2.24) is 4.98 Å². The zero-order valence-electron chi connectivity index (χ0n) is 11.5. The summed E-state index contributed by atoms with van der Waals surface area (Å²) in [5, 5.41) is 17.2. The summed E-state index contributed by atoms with van der Waals surface area (Å²) in [5.41, 5.74) is 1.20. The van der Waals surface area contributed by atoms with Crippen LogP contribution < -0.4 is 14.8 Å². The number of nitro groups is 1. The molecule has 0 aliphatic carbocycles. The molecule has 7 nitrogen and oxygen atoms in total. The Balaban J connectivity index is 1.92. The van der Waals surface area contributed by atoms with E-state index < -0.39 is 4.92 Å². The topological polar surface area (TPSA) is 86.5 Å². The van der Waals surface area contributed by atoms with Gasteiger partial charge in [0.25, 0.3) is 5.69 Å². The number of nitrogens with one attached hydrogen (secondary N) is 1. The first kappa shape index (κ1) is 13.6. The Bertz CT molecular complexity index is 701. The predicted molar refractivity (Wildman–Crippen MR) is 78.1 cm³/mol.